The first-order valence-electron chi connectivity index (χ1n) is 5.90. The summed E-state index contributed by atoms with van der Waals surface area (Å²) in [4.78, 5) is 13.1. The molecule has 0 aromatic heterocycles. The molecule has 1 fully saturated rings. The van der Waals surface area contributed by atoms with Crippen molar-refractivity contribution in [3.05, 3.63) is 34.1 Å². The lowest BCUT2D eigenvalue weighted by atomic mass is 10.0. The molecule has 0 spiro atoms. The minimum absolute atomic E-state index is 0.0160. The third-order valence-corrected chi connectivity index (χ3v) is 4.36. The summed E-state index contributed by atoms with van der Waals surface area (Å²) in [6.45, 7) is 3.23. The van der Waals surface area contributed by atoms with Crippen molar-refractivity contribution < 1.29 is 14.3 Å². The average molecular weight is 316 g/mol. The molecular weight excluding hydrogens is 301 g/mol. The maximum Gasteiger partial charge on any atom is 0.308 e. The number of carboxylic acids is 1. The number of carbonyl (C=O) groups is 1. The number of likely N-dealkylation sites (tertiary alicyclic amines) is 1. The number of nitrogens with zero attached hydrogens (tertiary/aromatic N) is 1. The van der Waals surface area contributed by atoms with E-state index in [4.69, 9.17) is 5.11 Å². The van der Waals surface area contributed by atoms with E-state index in [0.717, 1.165) is 16.6 Å². The lowest BCUT2D eigenvalue weighted by molar-refractivity contribution is -0.142. The van der Waals surface area contributed by atoms with E-state index in [2.05, 4.69) is 20.8 Å². The van der Waals surface area contributed by atoms with Gasteiger partial charge < -0.3 is 5.11 Å². The predicted molar refractivity (Wildman–Crippen MR) is 69.7 cm³/mol. The molecule has 2 unspecified atom stereocenters. The quantitative estimate of drug-likeness (QED) is 0.932. The van der Waals surface area contributed by atoms with Crippen LogP contribution in [0.1, 0.15) is 18.9 Å². The number of hydrogen-bond donors (Lipinski definition) is 1. The Balaban J connectivity index is 2.11. The van der Waals surface area contributed by atoms with Gasteiger partial charge in [0.1, 0.15) is 5.82 Å². The van der Waals surface area contributed by atoms with Crippen molar-refractivity contribution in [3.8, 4) is 0 Å². The van der Waals surface area contributed by atoms with Gasteiger partial charge in [-0.2, -0.15) is 0 Å². The maximum atomic E-state index is 13.2. The minimum Gasteiger partial charge on any atom is -0.481 e. The summed E-state index contributed by atoms with van der Waals surface area (Å²) in [6.07, 6.45) is 0.656. The van der Waals surface area contributed by atoms with Crippen molar-refractivity contribution in [3.63, 3.8) is 0 Å². The molecule has 0 bridgehead atoms. The van der Waals surface area contributed by atoms with E-state index in [9.17, 15) is 9.18 Å². The molecule has 1 aliphatic rings. The fraction of sp³-hybridized carbons (Fsp3) is 0.462. The third kappa shape index (κ3) is 2.72. The first kappa shape index (κ1) is 13.5. The lowest BCUT2D eigenvalue weighted by Gasteiger charge is -2.23. The van der Waals surface area contributed by atoms with Crippen LogP contribution in [0.4, 0.5) is 4.39 Å². The summed E-state index contributed by atoms with van der Waals surface area (Å²) in [5, 5.41) is 9.07. The highest BCUT2D eigenvalue weighted by molar-refractivity contribution is 9.10. The number of hydrogen-bond acceptors (Lipinski definition) is 2. The molecule has 98 valence electrons. The summed E-state index contributed by atoms with van der Waals surface area (Å²) in [5.41, 5.74) is 0.855. The molecule has 0 radical (unpaired) electrons. The standard InChI is InChI=1S/C13H15BrFNO2/c1-8-11(13(17)18)4-5-16(8)7-9-6-10(15)2-3-12(9)14/h2-3,6,8,11H,4-5,7H2,1H3,(H,17,18). The second-order valence-electron chi connectivity index (χ2n) is 4.68. The van der Waals surface area contributed by atoms with Crippen LogP contribution in [0.3, 0.4) is 0 Å². The molecule has 3 nitrogen and oxygen atoms in total. The molecule has 1 aromatic rings. The van der Waals surface area contributed by atoms with Crippen molar-refractivity contribution in [2.24, 2.45) is 5.92 Å². The Morgan fingerprint density at radius 3 is 2.94 bits per heavy atom. The molecule has 5 heteroatoms. The number of halogens is 2. The van der Waals surface area contributed by atoms with Crippen LogP contribution in [-0.4, -0.2) is 28.6 Å². The summed E-state index contributed by atoms with van der Waals surface area (Å²) in [5.74, 6) is -1.34. The molecular formula is C13H15BrFNO2. The molecule has 1 aliphatic heterocycles. The Bertz CT molecular complexity index is 466. The summed E-state index contributed by atoms with van der Waals surface area (Å²) >= 11 is 3.39. The van der Waals surface area contributed by atoms with Gasteiger partial charge in [0, 0.05) is 17.1 Å². The Labute approximate surface area is 114 Å². The highest BCUT2D eigenvalue weighted by Crippen LogP contribution is 2.28. The van der Waals surface area contributed by atoms with Crippen LogP contribution < -0.4 is 0 Å². The van der Waals surface area contributed by atoms with Crippen LogP contribution in [-0.2, 0) is 11.3 Å². The summed E-state index contributed by atoms with van der Waals surface area (Å²) in [6, 6.07) is 4.56. The van der Waals surface area contributed by atoms with Crippen LogP contribution in [0, 0.1) is 11.7 Å². The van der Waals surface area contributed by atoms with E-state index in [0.29, 0.717) is 13.0 Å². The van der Waals surface area contributed by atoms with Crippen molar-refractivity contribution >= 4 is 21.9 Å². The second-order valence-corrected chi connectivity index (χ2v) is 5.53. The Kier molecular flexibility index (Phi) is 4.02. The van der Waals surface area contributed by atoms with E-state index in [1.165, 1.54) is 12.1 Å². The van der Waals surface area contributed by atoms with Crippen LogP contribution in [0.25, 0.3) is 0 Å². The zero-order valence-corrected chi connectivity index (χ0v) is 11.7. The van der Waals surface area contributed by atoms with Crippen molar-refractivity contribution in [1.82, 2.24) is 4.90 Å². The molecule has 2 rings (SSSR count). The highest BCUT2D eigenvalue weighted by atomic mass is 79.9. The van der Waals surface area contributed by atoms with Crippen LogP contribution in [0.2, 0.25) is 0 Å². The van der Waals surface area contributed by atoms with Gasteiger partial charge in [-0.15, -0.1) is 0 Å². The fourth-order valence-corrected chi connectivity index (χ4v) is 2.81. The number of rotatable bonds is 3. The second kappa shape index (κ2) is 5.36. The SMILES string of the molecule is CC1C(C(=O)O)CCN1Cc1cc(F)ccc1Br. The fourth-order valence-electron chi connectivity index (χ4n) is 2.44. The molecule has 0 saturated carbocycles. The van der Waals surface area contributed by atoms with Gasteiger partial charge in [0.2, 0.25) is 0 Å². The summed E-state index contributed by atoms with van der Waals surface area (Å²) < 4.78 is 14.0. The monoisotopic (exact) mass is 315 g/mol. The molecule has 0 aliphatic carbocycles. The summed E-state index contributed by atoms with van der Waals surface area (Å²) in [7, 11) is 0. The molecule has 18 heavy (non-hydrogen) atoms. The lowest BCUT2D eigenvalue weighted by Crippen LogP contribution is -2.32. The number of aliphatic carboxylic acids is 1. The van der Waals surface area contributed by atoms with Crippen LogP contribution in [0.15, 0.2) is 22.7 Å². The van der Waals surface area contributed by atoms with Gasteiger partial charge in [0.25, 0.3) is 0 Å². The smallest absolute Gasteiger partial charge is 0.308 e. The van der Waals surface area contributed by atoms with E-state index in [1.807, 2.05) is 6.92 Å². The highest BCUT2D eigenvalue weighted by Gasteiger charge is 2.35. The predicted octanol–water partition coefficient (Wildman–Crippen LogP) is 2.88. The molecule has 1 N–H and O–H groups in total. The number of benzene rings is 1. The van der Waals surface area contributed by atoms with Crippen LogP contribution in [0.5, 0.6) is 0 Å². The average Bonchev–Trinajstić information content (AvgIpc) is 2.66. The van der Waals surface area contributed by atoms with Gasteiger partial charge in [-0.05, 0) is 43.7 Å². The maximum absolute atomic E-state index is 13.2. The van der Waals surface area contributed by atoms with E-state index < -0.39 is 5.97 Å². The van der Waals surface area contributed by atoms with Gasteiger partial charge in [-0.1, -0.05) is 15.9 Å². The Hall–Kier alpha value is -0.940. The normalized spacial score (nSPS) is 24.4. The molecule has 2 atom stereocenters. The van der Waals surface area contributed by atoms with Crippen LogP contribution >= 0.6 is 15.9 Å². The van der Waals surface area contributed by atoms with Crippen molar-refractivity contribution in [1.29, 1.82) is 0 Å². The van der Waals surface area contributed by atoms with Gasteiger partial charge in [0.15, 0.2) is 0 Å². The first-order chi connectivity index (χ1) is 8.49. The molecule has 1 heterocycles. The Morgan fingerprint density at radius 2 is 2.33 bits per heavy atom. The van der Waals surface area contributed by atoms with E-state index in [-0.39, 0.29) is 17.8 Å². The Morgan fingerprint density at radius 1 is 1.61 bits per heavy atom. The largest absolute Gasteiger partial charge is 0.481 e. The van der Waals surface area contributed by atoms with Gasteiger partial charge in [-0.25, -0.2) is 4.39 Å². The van der Waals surface area contributed by atoms with Gasteiger partial charge in [-0.3, -0.25) is 9.69 Å². The van der Waals surface area contributed by atoms with E-state index >= 15 is 0 Å². The van der Waals surface area contributed by atoms with Gasteiger partial charge >= 0.3 is 5.97 Å². The van der Waals surface area contributed by atoms with Crippen molar-refractivity contribution in [2.75, 3.05) is 6.54 Å². The molecule has 1 saturated heterocycles. The zero-order chi connectivity index (χ0) is 13.3. The third-order valence-electron chi connectivity index (χ3n) is 3.58. The zero-order valence-electron chi connectivity index (χ0n) is 10.1. The topological polar surface area (TPSA) is 40.5 Å². The van der Waals surface area contributed by atoms with Crippen molar-refractivity contribution in [2.45, 2.75) is 25.9 Å². The number of carboxylic acid groups (broad SMARTS) is 1. The molecule has 1 aromatic carbocycles. The first-order valence-corrected chi connectivity index (χ1v) is 6.69. The molecule has 0 amide bonds. The minimum atomic E-state index is -0.747. The van der Waals surface area contributed by atoms with Gasteiger partial charge in [0.05, 0.1) is 5.92 Å². The van der Waals surface area contributed by atoms with E-state index in [1.54, 1.807) is 6.07 Å².